The monoisotopic (exact) mass is 284 g/mol. The lowest BCUT2D eigenvalue weighted by molar-refractivity contribution is -0.150. The summed E-state index contributed by atoms with van der Waals surface area (Å²) in [6.07, 6.45) is 1.96. The van der Waals surface area contributed by atoms with E-state index < -0.39 is 11.4 Å². The number of carboxylic acid groups (broad SMARTS) is 1. The van der Waals surface area contributed by atoms with Gasteiger partial charge < -0.3 is 19.6 Å². The van der Waals surface area contributed by atoms with Crippen LogP contribution >= 0.6 is 0 Å². The summed E-state index contributed by atoms with van der Waals surface area (Å²) >= 11 is 0. The van der Waals surface area contributed by atoms with Crippen LogP contribution < -0.4 is 0 Å². The van der Waals surface area contributed by atoms with Crippen LogP contribution in [0.5, 0.6) is 0 Å². The summed E-state index contributed by atoms with van der Waals surface area (Å²) in [5, 5.41) is 9.21. The molecule has 114 valence electrons. The maximum atomic E-state index is 12.5. The number of nitrogens with zero attached hydrogens (tertiary/aromatic N) is 2. The second kappa shape index (κ2) is 5.60. The van der Waals surface area contributed by atoms with E-state index in [2.05, 4.69) is 0 Å². The number of hydrogen-bond donors (Lipinski definition) is 1. The van der Waals surface area contributed by atoms with Gasteiger partial charge in [-0.05, 0) is 33.1 Å². The van der Waals surface area contributed by atoms with Crippen molar-refractivity contribution in [1.82, 2.24) is 9.80 Å². The molecule has 0 radical (unpaired) electrons. The third kappa shape index (κ3) is 2.75. The maximum Gasteiger partial charge on any atom is 0.320 e. The topological polar surface area (TPSA) is 70.1 Å². The van der Waals surface area contributed by atoms with Gasteiger partial charge in [0.15, 0.2) is 0 Å². The smallest absolute Gasteiger partial charge is 0.320 e. The minimum atomic E-state index is -0.768. The fraction of sp³-hybridized carbons (Fsp3) is 0.857. The van der Waals surface area contributed by atoms with Gasteiger partial charge in [-0.3, -0.25) is 4.79 Å². The molecule has 2 heterocycles. The largest absolute Gasteiger partial charge is 0.481 e. The number of carbonyl (C=O) groups excluding carboxylic acids is 1. The number of piperidine rings is 1. The van der Waals surface area contributed by atoms with Crippen LogP contribution in [0.4, 0.5) is 4.79 Å². The molecule has 2 unspecified atom stereocenters. The van der Waals surface area contributed by atoms with E-state index in [9.17, 15) is 14.7 Å². The number of likely N-dealkylation sites (tertiary alicyclic amines) is 1. The van der Waals surface area contributed by atoms with Crippen LogP contribution in [-0.2, 0) is 9.53 Å². The number of amides is 2. The second-order valence-electron chi connectivity index (χ2n) is 6.18. The van der Waals surface area contributed by atoms with Crippen molar-refractivity contribution in [2.45, 2.75) is 45.3 Å². The van der Waals surface area contributed by atoms with Gasteiger partial charge in [-0.2, -0.15) is 0 Å². The SMILES string of the molecule is CC1OCCC1N(C)C(=O)N1CCC(C)(C(=O)O)CC1. The Morgan fingerprint density at radius 3 is 2.40 bits per heavy atom. The fourth-order valence-electron chi connectivity index (χ4n) is 3.00. The van der Waals surface area contributed by atoms with E-state index in [1.807, 2.05) is 14.0 Å². The van der Waals surface area contributed by atoms with Crippen LogP contribution in [0.3, 0.4) is 0 Å². The number of urea groups is 1. The van der Waals surface area contributed by atoms with E-state index in [1.165, 1.54) is 0 Å². The van der Waals surface area contributed by atoms with Crippen LogP contribution in [0.2, 0.25) is 0 Å². The minimum absolute atomic E-state index is 0.0141. The highest BCUT2D eigenvalue weighted by Crippen LogP contribution is 2.31. The standard InChI is InChI=1S/C14H24N2O4/c1-10-11(4-9-20-10)15(3)13(19)16-7-5-14(2,6-8-16)12(17)18/h10-11H,4-9H2,1-3H3,(H,17,18). The zero-order valence-corrected chi connectivity index (χ0v) is 12.5. The zero-order chi connectivity index (χ0) is 14.9. The molecule has 2 rings (SSSR count). The summed E-state index contributed by atoms with van der Waals surface area (Å²) in [4.78, 5) is 27.2. The molecule has 1 N–H and O–H groups in total. The van der Waals surface area contributed by atoms with Crippen molar-refractivity contribution < 1.29 is 19.4 Å². The molecule has 2 saturated heterocycles. The van der Waals surface area contributed by atoms with Gasteiger partial charge in [-0.1, -0.05) is 0 Å². The van der Waals surface area contributed by atoms with Crippen LogP contribution in [0.25, 0.3) is 0 Å². The average Bonchev–Trinajstić information content (AvgIpc) is 2.84. The van der Waals surface area contributed by atoms with Crippen molar-refractivity contribution in [2.75, 3.05) is 26.7 Å². The molecule has 0 saturated carbocycles. The van der Waals surface area contributed by atoms with Crippen LogP contribution in [0.1, 0.15) is 33.1 Å². The lowest BCUT2D eigenvalue weighted by atomic mass is 9.80. The zero-order valence-electron chi connectivity index (χ0n) is 12.5. The Kier molecular flexibility index (Phi) is 4.22. The molecule has 2 amide bonds. The van der Waals surface area contributed by atoms with Gasteiger partial charge in [0.05, 0.1) is 17.6 Å². The quantitative estimate of drug-likeness (QED) is 0.832. The van der Waals surface area contributed by atoms with E-state index in [0.717, 1.165) is 6.42 Å². The lowest BCUT2D eigenvalue weighted by Gasteiger charge is -2.39. The van der Waals surface area contributed by atoms with E-state index in [0.29, 0.717) is 32.5 Å². The van der Waals surface area contributed by atoms with Gasteiger partial charge in [0.1, 0.15) is 0 Å². The van der Waals surface area contributed by atoms with Crippen LogP contribution in [0.15, 0.2) is 0 Å². The molecule has 0 aromatic carbocycles. The lowest BCUT2D eigenvalue weighted by Crippen LogP contribution is -2.52. The molecule has 0 spiro atoms. The van der Waals surface area contributed by atoms with Gasteiger partial charge in [0.25, 0.3) is 0 Å². The number of aliphatic carboxylic acids is 1. The van der Waals surface area contributed by atoms with E-state index in [-0.39, 0.29) is 18.2 Å². The molecule has 2 aliphatic heterocycles. The summed E-state index contributed by atoms with van der Waals surface area (Å²) in [6, 6.07) is 0.107. The highest BCUT2D eigenvalue weighted by atomic mass is 16.5. The van der Waals surface area contributed by atoms with Gasteiger partial charge in [-0.25, -0.2) is 4.79 Å². The minimum Gasteiger partial charge on any atom is -0.481 e. The van der Waals surface area contributed by atoms with Crippen molar-refractivity contribution in [3.05, 3.63) is 0 Å². The Morgan fingerprint density at radius 1 is 1.35 bits per heavy atom. The third-order valence-corrected chi connectivity index (χ3v) is 4.79. The summed E-state index contributed by atoms with van der Waals surface area (Å²) in [5.41, 5.74) is -0.695. The van der Waals surface area contributed by atoms with Crippen molar-refractivity contribution >= 4 is 12.0 Å². The summed E-state index contributed by atoms with van der Waals surface area (Å²) in [5.74, 6) is -0.768. The number of hydrogen-bond acceptors (Lipinski definition) is 3. The molecule has 0 aromatic rings. The number of carboxylic acids is 1. The molecule has 0 bridgehead atoms. The van der Waals surface area contributed by atoms with Crippen LogP contribution in [0, 0.1) is 5.41 Å². The van der Waals surface area contributed by atoms with E-state index in [4.69, 9.17) is 4.74 Å². The summed E-state index contributed by atoms with van der Waals surface area (Å²) in [6.45, 7) is 5.45. The number of carbonyl (C=O) groups is 2. The first-order valence-electron chi connectivity index (χ1n) is 7.22. The molecular weight excluding hydrogens is 260 g/mol. The molecule has 20 heavy (non-hydrogen) atoms. The van der Waals surface area contributed by atoms with Crippen molar-refractivity contribution in [1.29, 1.82) is 0 Å². The molecule has 2 fully saturated rings. The Labute approximate surface area is 119 Å². The summed E-state index contributed by atoms with van der Waals surface area (Å²) in [7, 11) is 1.81. The van der Waals surface area contributed by atoms with Crippen molar-refractivity contribution in [3.63, 3.8) is 0 Å². The normalized spacial score (nSPS) is 29.2. The first-order chi connectivity index (χ1) is 9.35. The first kappa shape index (κ1) is 15.1. The maximum absolute atomic E-state index is 12.5. The van der Waals surface area contributed by atoms with Crippen molar-refractivity contribution in [3.8, 4) is 0 Å². The molecule has 0 aliphatic carbocycles. The predicted molar refractivity (Wildman–Crippen MR) is 73.5 cm³/mol. The number of ether oxygens (including phenoxy) is 1. The molecule has 0 aromatic heterocycles. The Balaban J connectivity index is 1.93. The Hall–Kier alpha value is -1.30. The molecule has 6 heteroatoms. The number of likely N-dealkylation sites (N-methyl/N-ethyl adjacent to an activating group) is 1. The van der Waals surface area contributed by atoms with Crippen molar-refractivity contribution in [2.24, 2.45) is 5.41 Å². The second-order valence-corrected chi connectivity index (χ2v) is 6.18. The van der Waals surface area contributed by atoms with E-state index >= 15 is 0 Å². The molecule has 2 atom stereocenters. The van der Waals surface area contributed by atoms with Gasteiger partial charge in [-0.15, -0.1) is 0 Å². The Morgan fingerprint density at radius 2 is 1.95 bits per heavy atom. The highest BCUT2D eigenvalue weighted by molar-refractivity contribution is 5.77. The highest BCUT2D eigenvalue weighted by Gasteiger charge is 2.40. The van der Waals surface area contributed by atoms with Gasteiger partial charge >= 0.3 is 12.0 Å². The van der Waals surface area contributed by atoms with E-state index in [1.54, 1.807) is 16.7 Å². The van der Waals surface area contributed by atoms with Crippen LogP contribution in [-0.4, -0.2) is 65.8 Å². The Bertz CT molecular complexity index is 391. The third-order valence-electron chi connectivity index (χ3n) is 4.79. The van der Waals surface area contributed by atoms with Gasteiger partial charge in [0.2, 0.25) is 0 Å². The average molecular weight is 284 g/mol. The predicted octanol–water partition coefficient (Wildman–Crippen LogP) is 1.40. The molecule has 6 nitrogen and oxygen atoms in total. The molecule has 2 aliphatic rings. The summed E-state index contributed by atoms with van der Waals surface area (Å²) < 4.78 is 5.50. The first-order valence-corrected chi connectivity index (χ1v) is 7.22. The molecular formula is C14H24N2O4. The number of rotatable bonds is 2. The van der Waals surface area contributed by atoms with Gasteiger partial charge in [0, 0.05) is 26.7 Å². The fourth-order valence-corrected chi connectivity index (χ4v) is 3.00.